The number of fused-ring (bicyclic) bond motifs is 1. The standard InChI is InChI=1S/C19H21F3N4O2/c1-10-6-17(4-5-23-10)16(27)25-15(26-17)12-2-3-13(19(20,21)22)24-14(12)18-7-11(8-18)9-28-18/h2-3,10-11,23H,4-9H2,1H3,(H,25,26,27)/t10-,11?,17+,18?/m0/s1. The van der Waals surface area contributed by atoms with E-state index in [1.165, 1.54) is 6.07 Å². The third-order valence-corrected chi connectivity index (χ3v) is 6.36. The van der Waals surface area contributed by atoms with E-state index >= 15 is 0 Å². The molecule has 1 aromatic rings. The number of aromatic nitrogens is 1. The highest BCUT2D eigenvalue weighted by Crippen LogP contribution is 2.55. The van der Waals surface area contributed by atoms with E-state index in [1.54, 1.807) is 0 Å². The molecule has 1 amide bonds. The second kappa shape index (κ2) is 5.76. The number of piperidine rings is 1. The van der Waals surface area contributed by atoms with E-state index in [9.17, 15) is 18.0 Å². The molecule has 6 rings (SSSR count). The zero-order valence-corrected chi connectivity index (χ0v) is 15.4. The van der Waals surface area contributed by atoms with Gasteiger partial charge in [-0.1, -0.05) is 0 Å². The molecule has 28 heavy (non-hydrogen) atoms. The van der Waals surface area contributed by atoms with Crippen LogP contribution < -0.4 is 10.6 Å². The van der Waals surface area contributed by atoms with E-state index in [0.29, 0.717) is 56.2 Å². The fourth-order valence-corrected chi connectivity index (χ4v) is 4.96. The number of rotatable bonds is 2. The smallest absolute Gasteiger partial charge is 0.368 e. The van der Waals surface area contributed by atoms with Gasteiger partial charge in [-0.3, -0.25) is 9.79 Å². The number of aliphatic imine (C=N–C) groups is 1. The molecule has 1 saturated carbocycles. The van der Waals surface area contributed by atoms with Gasteiger partial charge in [0, 0.05) is 11.6 Å². The summed E-state index contributed by atoms with van der Waals surface area (Å²) in [6, 6.07) is 2.46. The zero-order valence-electron chi connectivity index (χ0n) is 15.4. The van der Waals surface area contributed by atoms with Crippen molar-refractivity contribution in [3.8, 4) is 0 Å². The SMILES string of the molecule is C[C@H]1C[C@@]2(CCN1)N=C(c1ccc(C(F)(F)F)nc1C13CC(CO1)C3)NC2=O. The molecular weight excluding hydrogens is 373 g/mol. The van der Waals surface area contributed by atoms with Crippen LogP contribution in [-0.4, -0.2) is 41.5 Å². The van der Waals surface area contributed by atoms with E-state index in [4.69, 9.17) is 9.73 Å². The van der Waals surface area contributed by atoms with Gasteiger partial charge in [0.2, 0.25) is 0 Å². The number of halogens is 3. The topological polar surface area (TPSA) is 75.6 Å². The summed E-state index contributed by atoms with van der Waals surface area (Å²) in [5, 5.41) is 6.11. The summed E-state index contributed by atoms with van der Waals surface area (Å²) >= 11 is 0. The summed E-state index contributed by atoms with van der Waals surface area (Å²) in [5.41, 5.74) is -1.93. The van der Waals surface area contributed by atoms with Gasteiger partial charge in [-0.15, -0.1) is 0 Å². The van der Waals surface area contributed by atoms with Crippen LogP contribution in [0.4, 0.5) is 13.2 Å². The van der Waals surface area contributed by atoms with Crippen molar-refractivity contribution in [2.45, 2.75) is 56.0 Å². The van der Waals surface area contributed by atoms with E-state index in [0.717, 1.165) is 6.07 Å². The summed E-state index contributed by atoms with van der Waals surface area (Å²) < 4.78 is 45.7. The Hall–Kier alpha value is -2.00. The number of carbonyl (C=O) groups excluding carboxylic acids is 1. The summed E-state index contributed by atoms with van der Waals surface area (Å²) in [6.07, 6.45) is -2.13. The van der Waals surface area contributed by atoms with Crippen LogP contribution in [0.5, 0.6) is 0 Å². The van der Waals surface area contributed by atoms with Gasteiger partial charge in [-0.05, 0) is 57.2 Å². The summed E-state index contributed by atoms with van der Waals surface area (Å²) in [6.45, 7) is 3.19. The molecule has 0 aromatic carbocycles. The Morgan fingerprint density at radius 1 is 1.25 bits per heavy atom. The number of pyridine rings is 1. The third kappa shape index (κ3) is 2.59. The van der Waals surface area contributed by atoms with Crippen LogP contribution in [0.3, 0.4) is 0 Å². The average molecular weight is 394 g/mol. The molecule has 0 unspecified atom stereocenters. The molecule has 6 nitrogen and oxygen atoms in total. The highest BCUT2D eigenvalue weighted by molar-refractivity contribution is 6.16. The van der Waals surface area contributed by atoms with Crippen molar-refractivity contribution in [1.82, 2.24) is 15.6 Å². The molecule has 2 N–H and O–H groups in total. The number of amidine groups is 1. The fraction of sp³-hybridized carbons (Fsp3) is 0.632. The number of carbonyl (C=O) groups is 1. The molecule has 2 bridgehead atoms. The molecule has 5 heterocycles. The second-order valence-electron chi connectivity index (χ2n) is 8.43. The summed E-state index contributed by atoms with van der Waals surface area (Å²) in [5.74, 6) is 0.475. The Bertz CT molecular complexity index is 873. The lowest BCUT2D eigenvalue weighted by Gasteiger charge is -2.36. The molecule has 1 aromatic heterocycles. The second-order valence-corrected chi connectivity index (χ2v) is 8.43. The lowest BCUT2D eigenvalue weighted by Crippen LogP contribution is -2.51. The van der Waals surface area contributed by atoms with Crippen molar-refractivity contribution in [2.24, 2.45) is 10.9 Å². The van der Waals surface area contributed by atoms with Gasteiger partial charge in [0.1, 0.15) is 22.7 Å². The molecule has 4 fully saturated rings. The number of nitrogens with zero attached hydrogens (tertiary/aromatic N) is 2. The van der Waals surface area contributed by atoms with Crippen LogP contribution in [0, 0.1) is 5.92 Å². The molecule has 2 atom stereocenters. The molecule has 1 spiro atoms. The lowest BCUT2D eigenvalue weighted by molar-refractivity contribution is -0.141. The van der Waals surface area contributed by atoms with Gasteiger partial charge in [0.05, 0.1) is 12.3 Å². The minimum Gasteiger partial charge on any atom is -0.368 e. The minimum atomic E-state index is -4.54. The van der Waals surface area contributed by atoms with Gasteiger partial charge in [0.15, 0.2) is 0 Å². The molecular formula is C19H21F3N4O2. The van der Waals surface area contributed by atoms with Crippen molar-refractivity contribution in [2.75, 3.05) is 13.2 Å². The maximum Gasteiger partial charge on any atom is 0.433 e. The summed E-state index contributed by atoms with van der Waals surface area (Å²) in [4.78, 5) is 21.4. The number of amides is 1. The largest absolute Gasteiger partial charge is 0.433 e. The van der Waals surface area contributed by atoms with Crippen LogP contribution >= 0.6 is 0 Å². The molecule has 4 aliphatic heterocycles. The maximum absolute atomic E-state index is 13.3. The number of hydrogen-bond acceptors (Lipinski definition) is 5. The molecule has 0 radical (unpaired) electrons. The van der Waals surface area contributed by atoms with Crippen LogP contribution in [0.1, 0.15) is 49.6 Å². The Kier molecular flexibility index (Phi) is 3.71. The Balaban J connectivity index is 1.59. The molecule has 150 valence electrons. The van der Waals surface area contributed by atoms with Crippen molar-refractivity contribution in [3.05, 3.63) is 29.1 Å². The maximum atomic E-state index is 13.3. The van der Waals surface area contributed by atoms with Crippen LogP contribution in [0.25, 0.3) is 0 Å². The van der Waals surface area contributed by atoms with Crippen molar-refractivity contribution in [3.63, 3.8) is 0 Å². The molecule has 3 saturated heterocycles. The number of ether oxygens (including phenoxy) is 1. The first-order chi connectivity index (χ1) is 13.2. The Morgan fingerprint density at radius 2 is 2.04 bits per heavy atom. The number of nitrogens with one attached hydrogen (secondary N) is 2. The number of hydrogen-bond donors (Lipinski definition) is 2. The van der Waals surface area contributed by atoms with Gasteiger partial charge in [0.25, 0.3) is 5.91 Å². The van der Waals surface area contributed by atoms with Crippen molar-refractivity contribution in [1.29, 1.82) is 0 Å². The van der Waals surface area contributed by atoms with Crippen molar-refractivity contribution < 1.29 is 22.7 Å². The van der Waals surface area contributed by atoms with Crippen LogP contribution in [0.15, 0.2) is 17.1 Å². The first-order valence-corrected chi connectivity index (χ1v) is 9.59. The third-order valence-electron chi connectivity index (χ3n) is 6.36. The monoisotopic (exact) mass is 394 g/mol. The van der Waals surface area contributed by atoms with E-state index in [1.807, 2.05) is 6.92 Å². The van der Waals surface area contributed by atoms with E-state index in [2.05, 4.69) is 15.6 Å². The van der Waals surface area contributed by atoms with Crippen LogP contribution in [-0.2, 0) is 21.3 Å². The predicted octanol–water partition coefficient (Wildman–Crippen LogP) is 2.12. The van der Waals surface area contributed by atoms with E-state index < -0.39 is 23.0 Å². The van der Waals surface area contributed by atoms with Gasteiger partial charge in [-0.2, -0.15) is 13.2 Å². The quantitative estimate of drug-likeness (QED) is 0.806. The minimum absolute atomic E-state index is 0.136. The average Bonchev–Trinajstić information content (AvgIpc) is 3.28. The lowest BCUT2D eigenvalue weighted by atomic mass is 9.71. The van der Waals surface area contributed by atoms with Gasteiger partial charge >= 0.3 is 6.18 Å². The Morgan fingerprint density at radius 3 is 2.68 bits per heavy atom. The first-order valence-electron chi connectivity index (χ1n) is 9.59. The zero-order chi connectivity index (χ0) is 19.7. The predicted molar refractivity (Wildman–Crippen MR) is 93.7 cm³/mol. The molecule has 5 aliphatic rings. The highest BCUT2D eigenvalue weighted by Gasteiger charge is 2.56. The molecule has 9 heteroatoms. The Labute approximate surface area is 160 Å². The number of alkyl halides is 3. The summed E-state index contributed by atoms with van der Waals surface area (Å²) in [7, 11) is 0. The normalized spacial score (nSPS) is 37.0. The first kappa shape index (κ1) is 18.1. The highest BCUT2D eigenvalue weighted by atomic mass is 19.4. The van der Waals surface area contributed by atoms with Gasteiger partial charge < -0.3 is 15.4 Å². The van der Waals surface area contributed by atoms with E-state index in [-0.39, 0.29) is 17.6 Å². The molecule has 1 aliphatic carbocycles. The van der Waals surface area contributed by atoms with Crippen molar-refractivity contribution >= 4 is 11.7 Å². The van der Waals surface area contributed by atoms with Crippen LogP contribution in [0.2, 0.25) is 0 Å². The van der Waals surface area contributed by atoms with Gasteiger partial charge in [-0.25, -0.2) is 4.98 Å². The fourth-order valence-electron chi connectivity index (χ4n) is 4.96.